The molecule has 3 rings (SSSR count). The Morgan fingerprint density at radius 2 is 1.82 bits per heavy atom. The lowest BCUT2D eigenvalue weighted by molar-refractivity contribution is 0.102. The van der Waals surface area contributed by atoms with Gasteiger partial charge < -0.3 is 15.1 Å². The smallest absolute Gasteiger partial charge is 0.276 e. The Morgan fingerprint density at radius 1 is 1.14 bits per heavy atom. The molecule has 1 aliphatic heterocycles. The molecular weight excluding hydrogens is 352 g/mol. The lowest BCUT2D eigenvalue weighted by Crippen LogP contribution is -2.44. The highest BCUT2D eigenvalue weighted by Gasteiger charge is 2.23. The second kappa shape index (κ2) is 7.91. The molecule has 1 amide bonds. The fourth-order valence-electron chi connectivity index (χ4n) is 3.33. The fraction of sp³-hybridized carbons (Fsp3) is 0.571. The number of carbonyl (C=O) groups is 1. The number of amides is 1. The van der Waals surface area contributed by atoms with Crippen LogP contribution in [0.15, 0.2) is 24.4 Å². The van der Waals surface area contributed by atoms with Gasteiger partial charge in [-0.2, -0.15) is 5.10 Å². The average molecular weight is 385 g/mol. The van der Waals surface area contributed by atoms with Gasteiger partial charge in [0.1, 0.15) is 5.82 Å². The SMILES string of the molecule is CC(C)c1cc(C(=O)Nc2ccc(N3CCN(C)CC3)nc2)nn1C(C)(C)C. The van der Waals surface area contributed by atoms with Gasteiger partial charge in [-0.05, 0) is 51.9 Å². The van der Waals surface area contributed by atoms with Gasteiger partial charge in [0.2, 0.25) is 0 Å². The van der Waals surface area contributed by atoms with Gasteiger partial charge in [-0.25, -0.2) is 4.98 Å². The van der Waals surface area contributed by atoms with Crippen LogP contribution >= 0.6 is 0 Å². The zero-order chi connectivity index (χ0) is 20.5. The normalized spacial score (nSPS) is 15.9. The van der Waals surface area contributed by atoms with Crippen LogP contribution in [0.1, 0.15) is 56.7 Å². The molecule has 28 heavy (non-hydrogen) atoms. The molecule has 0 radical (unpaired) electrons. The van der Waals surface area contributed by atoms with Crippen LogP contribution in [0.4, 0.5) is 11.5 Å². The molecule has 0 aliphatic carbocycles. The Kier molecular flexibility index (Phi) is 5.74. The first-order chi connectivity index (χ1) is 13.1. The molecule has 1 N–H and O–H groups in total. The molecule has 0 bridgehead atoms. The minimum atomic E-state index is -0.209. The first-order valence-electron chi connectivity index (χ1n) is 9.96. The number of nitrogens with zero attached hydrogens (tertiary/aromatic N) is 5. The highest BCUT2D eigenvalue weighted by molar-refractivity contribution is 6.02. The molecule has 1 saturated heterocycles. The highest BCUT2D eigenvalue weighted by Crippen LogP contribution is 2.24. The van der Waals surface area contributed by atoms with Crippen molar-refractivity contribution in [1.82, 2.24) is 19.7 Å². The van der Waals surface area contributed by atoms with Crippen molar-refractivity contribution >= 4 is 17.4 Å². The van der Waals surface area contributed by atoms with Crippen molar-refractivity contribution in [2.45, 2.75) is 46.1 Å². The van der Waals surface area contributed by atoms with E-state index in [1.54, 1.807) is 6.20 Å². The van der Waals surface area contributed by atoms with E-state index < -0.39 is 0 Å². The van der Waals surface area contributed by atoms with E-state index in [0.717, 1.165) is 37.7 Å². The van der Waals surface area contributed by atoms with E-state index in [-0.39, 0.29) is 17.4 Å². The summed E-state index contributed by atoms with van der Waals surface area (Å²) in [6.07, 6.45) is 1.72. The summed E-state index contributed by atoms with van der Waals surface area (Å²) in [5.74, 6) is 1.03. The Morgan fingerprint density at radius 3 is 2.32 bits per heavy atom. The second-order valence-corrected chi connectivity index (χ2v) is 8.84. The number of hydrogen-bond donors (Lipinski definition) is 1. The van der Waals surface area contributed by atoms with Gasteiger partial charge >= 0.3 is 0 Å². The van der Waals surface area contributed by atoms with Crippen LogP contribution in [0.3, 0.4) is 0 Å². The largest absolute Gasteiger partial charge is 0.354 e. The molecule has 152 valence electrons. The number of anilines is 2. The Bertz CT molecular complexity index is 810. The van der Waals surface area contributed by atoms with Crippen LogP contribution in [0, 0.1) is 0 Å². The summed E-state index contributed by atoms with van der Waals surface area (Å²) >= 11 is 0. The van der Waals surface area contributed by atoms with Crippen LogP contribution in [0.2, 0.25) is 0 Å². The summed E-state index contributed by atoms with van der Waals surface area (Å²) in [7, 11) is 2.13. The number of nitrogens with one attached hydrogen (secondary N) is 1. The molecule has 1 fully saturated rings. The van der Waals surface area contributed by atoms with Gasteiger partial charge in [-0.3, -0.25) is 9.48 Å². The predicted octanol–water partition coefficient (Wildman–Crippen LogP) is 3.16. The highest BCUT2D eigenvalue weighted by atomic mass is 16.2. The molecule has 2 aromatic heterocycles. The number of carbonyl (C=O) groups excluding carboxylic acids is 1. The first-order valence-corrected chi connectivity index (χ1v) is 9.96. The third-order valence-electron chi connectivity index (χ3n) is 5.03. The summed E-state index contributed by atoms with van der Waals surface area (Å²) in [6, 6.07) is 5.76. The monoisotopic (exact) mass is 384 g/mol. The number of rotatable bonds is 4. The van der Waals surface area contributed by atoms with Crippen LogP contribution < -0.4 is 10.2 Å². The number of likely N-dealkylation sites (N-methyl/N-ethyl adjacent to an activating group) is 1. The van der Waals surface area contributed by atoms with Crippen LogP contribution in [-0.2, 0) is 5.54 Å². The van der Waals surface area contributed by atoms with Crippen molar-refractivity contribution in [2.24, 2.45) is 0 Å². The molecule has 2 aromatic rings. The van der Waals surface area contributed by atoms with E-state index in [0.29, 0.717) is 11.4 Å². The average Bonchev–Trinajstić information content (AvgIpc) is 3.09. The molecule has 0 atom stereocenters. The number of hydrogen-bond acceptors (Lipinski definition) is 5. The topological polar surface area (TPSA) is 66.3 Å². The van der Waals surface area contributed by atoms with Gasteiger partial charge in [0.05, 0.1) is 17.4 Å². The van der Waals surface area contributed by atoms with Gasteiger partial charge in [-0.1, -0.05) is 13.8 Å². The van der Waals surface area contributed by atoms with Crippen LogP contribution in [0.25, 0.3) is 0 Å². The van der Waals surface area contributed by atoms with Crippen LogP contribution in [0.5, 0.6) is 0 Å². The predicted molar refractivity (Wildman–Crippen MR) is 113 cm³/mol. The maximum absolute atomic E-state index is 12.7. The second-order valence-electron chi connectivity index (χ2n) is 8.84. The van der Waals surface area contributed by atoms with Crippen molar-refractivity contribution in [2.75, 3.05) is 43.4 Å². The molecule has 3 heterocycles. The van der Waals surface area contributed by atoms with E-state index in [1.165, 1.54) is 0 Å². The lowest BCUT2D eigenvalue weighted by atomic mass is 10.1. The quantitative estimate of drug-likeness (QED) is 0.877. The summed E-state index contributed by atoms with van der Waals surface area (Å²) in [4.78, 5) is 21.8. The van der Waals surface area contributed by atoms with Gasteiger partial charge in [-0.15, -0.1) is 0 Å². The minimum absolute atomic E-state index is 0.177. The van der Waals surface area contributed by atoms with Crippen LogP contribution in [-0.4, -0.2) is 58.8 Å². The first kappa shape index (κ1) is 20.3. The number of pyridine rings is 1. The zero-order valence-electron chi connectivity index (χ0n) is 17.9. The number of piperazine rings is 1. The van der Waals surface area contributed by atoms with Crippen molar-refractivity contribution in [3.05, 3.63) is 35.8 Å². The standard InChI is InChI=1S/C21H32N6O/c1-15(2)18-13-17(24-27(18)21(3,4)5)20(28)23-16-7-8-19(22-14-16)26-11-9-25(6)10-12-26/h7-8,13-15H,9-12H2,1-6H3,(H,23,28). The Balaban J connectivity index is 1.71. The molecule has 7 nitrogen and oxygen atoms in total. The molecule has 0 saturated carbocycles. The summed E-state index contributed by atoms with van der Waals surface area (Å²) in [5, 5.41) is 7.49. The Labute approximate surface area is 167 Å². The zero-order valence-corrected chi connectivity index (χ0v) is 17.9. The van der Waals surface area contributed by atoms with Gasteiger partial charge in [0, 0.05) is 31.9 Å². The van der Waals surface area contributed by atoms with E-state index in [9.17, 15) is 4.79 Å². The van der Waals surface area contributed by atoms with Crippen molar-refractivity contribution in [3.8, 4) is 0 Å². The van der Waals surface area contributed by atoms with Gasteiger partial charge in [0.25, 0.3) is 5.91 Å². The summed E-state index contributed by atoms with van der Waals surface area (Å²) in [6.45, 7) is 14.5. The van der Waals surface area contributed by atoms with E-state index in [2.05, 4.69) is 66.9 Å². The van der Waals surface area contributed by atoms with Crippen molar-refractivity contribution in [1.29, 1.82) is 0 Å². The van der Waals surface area contributed by atoms with E-state index in [4.69, 9.17) is 0 Å². The van der Waals surface area contributed by atoms with Crippen molar-refractivity contribution in [3.63, 3.8) is 0 Å². The van der Waals surface area contributed by atoms with Gasteiger partial charge in [0.15, 0.2) is 5.69 Å². The maximum Gasteiger partial charge on any atom is 0.276 e. The van der Waals surface area contributed by atoms with Crippen molar-refractivity contribution < 1.29 is 4.79 Å². The van der Waals surface area contributed by atoms with E-state index >= 15 is 0 Å². The molecule has 0 spiro atoms. The third kappa shape index (κ3) is 4.52. The fourth-order valence-corrected chi connectivity index (χ4v) is 3.33. The Hall–Kier alpha value is -2.41. The molecule has 0 unspecified atom stereocenters. The molecule has 0 aromatic carbocycles. The molecule has 7 heteroatoms. The maximum atomic E-state index is 12.7. The molecular formula is C21H32N6O. The van der Waals surface area contributed by atoms with E-state index in [1.807, 2.05) is 22.9 Å². The third-order valence-corrected chi connectivity index (χ3v) is 5.03. The number of aromatic nitrogens is 3. The summed E-state index contributed by atoms with van der Waals surface area (Å²) < 4.78 is 1.95. The minimum Gasteiger partial charge on any atom is -0.354 e. The summed E-state index contributed by atoms with van der Waals surface area (Å²) in [5.41, 5.74) is 1.99. The lowest BCUT2D eigenvalue weighted by Gasteiger charge is -2.33. The molecule has 1 aliphatic rings.